The van der Waals surface area contributed by atoms with Crippen LogP contribution >= 0.6 is 11.8 Å². The minimum absolute atomic E-state index is 0.0378. The van der Waals surface area contributed by atoms with Crippen molar-refractivity contribution in [2.24, 2.45) is 0 Å². The smallest absolute Gasteiger partial charge is 0.227 e. The van der Waals surface area contributed by atoms with Gasteiger partial charge in [-0.15, -0.1) is 5.10 Å². The Morgan fingerprint density at radius 2 is 2.03 bits per heavy atom. The van der Waals surface area contributed by atoms with E-state index in [9.17, 15) is 9.18 Å². The molecule has 0 amide bonds. The van der Waals surface area contributed by atoms with Crippen LogP contribution in [0.25, 0.3) is 0 Å². The number of anilines is 1. The average Bonchev–Trinajstić information content (AvgIpc) is 3.15. The van der Waals surface area contributed by atoms with Gasteiger partial charge in [0.2, 0.25) is 11.1 Å². The fraction of sp³-hybridized carbons (Fsp3) is 0.238. The number of fused-ring (bicyclic) bond motifs is 1. The molecule has 3 aromatic rings. The van der Waals surface area contributed by atoms with Crippen molar-refractivity contribution >= 4 is 23.5 Å². The molecule has 1 atom stereocenters. The Morgan fingerprint density at radius 3 is 2.86 bits per heavy atom. The van der Waals surface area contributed by atoms with E-state index in [2.05, 4.69) is 20.4 Å². The van der Waals surface area contributed by atoms with Crippen LogP contribution in [0.15, 0.2) is 65.1 Å². The summed E-state index contributed by atoms with van der Waals surface area (Å²) in [6.07, 6.45) is 3.75. The number of carbonyl (C=O) groups is 1. The zero-order chi connectivity index (χ0) is 19.8. The Hall–Kier alpha value is -3.00. The van der Waals surface area contributed by atoms with Gasteiger partial charge in [0.15, 0.2) is 5.78 Å². The molecule has 6 nitrogen and oxygen atoms in total. The maximum Gasteiger partial charge on any atom is 0.227 e. The van der Waals surface area contributed by atoms with Crippen molar-refractivity contribution in [3.63, 3.8) is 0 Å². The molecule has 3 heterocycles. The topological polar surface area (TPSA) is 72.7 Å². The van der Waals surface area contributed by atoms with E-state index in [1.807, 2.05) is 18.2 Å². The van der Waals surface area contributed by atoms with Crippen LogP contribution < -0.4 is 5.32 Å². The summed E-state index contributed by atoms with van der Waals surface area (Å²) in [6.45, 7) is 0. The minimum Gasteiger partial charge on any atom is -0.328 e. The second-order valence-corrected chi connectivity index (χ2v) is 7.93. The van der Waals surface area contributed by atoms with Gasteiger partial charge in [-0.3, -0.25) is 9.78 Å². The van der Waals surface area contributed by atoms with Crippen molar-refractivity contribution in [2.75, 3.05) is 5.32 Å². The first-order valence-corrected chi connectivity index (χ1v) is 10.5. The quantitative estimate of drug-likeness (QED) is 0.656. The minimum atomic E-state index is -0.605. The second kappa shape index (κ2) is 7.44. The molecule has 1 N–H and O–H groups in total. The molecule has 0 saturated heterocycles. The molecule has 29 heavy (non-hydrogen) atoms. The highest BCUT2D eigenvalue weighted by molar-refractivity contribution is 7.98. The lowest BCUT2D eigenvalue weighted by Gasteiger charge is -2.32. The first-order valence-electron chi connectivity index (χ1n) is 9.47. The normalized spacial score (nSPS) is 18.2. The predicted octanol–water partition coefficient (Wildman–Crippen LogP) is 4.13. The van der Waals surface area contributed by atoms with Crippen molar-refractivity contribution in [1.29, 1.82) is 0 Å². The molecule has 0 saturated carbocycles. The summed E-state index contributed by atoms with van der Waals surface area (Å²) < 4.78 is 16.3. The maximum absolute atomic E-state index is 14.7. The van der Waals surface area contributed by atoms with Crippen molar-refractivity contribution in [3.05, 3.63) is 77.0 Å². The maximum atomic E-state index is 14.7. The Bertz CT molecular complexity index is 1110. The fourth-order valence-electron chi connectivity index (χ4n) is 3.80. The summed E-state index contributed by atoms with van der Waals surface area (Å²) in [6, 6.07) is 11.7. The Morgan fingerprint density at radius 1 is 1.17 bits per heavy atom. The van der Waals surface area contributed by atoms with Crippen LogP contribution in [0.5, 0.6) is 0 Å². The summed E-state index contributed by atoms with van der Waals surface area (Å²) in [5.41, 5.74) is 2.79. The zero-order valence-corrected chi connectivity index (χ0v) is 16.3. The standard InChI is InChI=1S/C21H18FN5OS/c22-15-8-2-1-7-14(15)19-18-16(9-5-10-17(18)28)24-20-25-21(26-27(19)20)29-12-13-6-3-4-11-23-13/h1-4,6-8,11,19H,5,9-10,12H2,(H,24,25,26)/t19-/m1/s1. The number of rotatable bonds is 4. The van der Waals surface area contributed by atoms with E-state index >= 15 is 0 Å². The molecular formula is C21H18FN5OS. The molecule has 0 bridgehead atoms. The van der Waals surface area contributed by atoms with E-state index in [1.165, 1.54) is 17.8 Å². The number of carbonyl (C=O) groups excluding carboxylic acids is 1. The van der Waals surface area contributed by atoms with Crippen LogP contribution in [0.1, 0.15) is 36.6 Å². The summed E-state index contributed by atoms with van der Waals surface area (Å²) in [4.78, 5) is 21.7. The number of nitrogens with one attached hydrogen (secondary N) is 1. The molecule has 0 unspecified atom stereocenters. The molecule has 0 spiro atoms. The van der Waals surface area contributed by atoms with Crippen LogP contribution in [0.2, 0.25) is 0 Å². The summed E-state index contributed by atoms with van der Waals surface area (Å²) >= 11 is 1.46. The third-order valence-corrected chi connectivity index (χ3v) is 6.00. The van der Waals surface area contributed by atoms with E-state index in [0.717, 1.165) is 24.2 Å². The van der Waals surface area contributed by atoms with E-state index in [-0.39, 0.29) is 11.6 Å². The van der Waals surface area contributed by atoms with Crippen molar-refractivity contribution in [2.45, 2.75) is 36.2 Å². The van der Waals surface area contributed by atoms with Gasteiger partial charge in [0.1, 0.15) is 11.9 Å². The monoisotopic (exact) mass is 407 g/mol. The number of halogens is 1. The van der Waals surface area contributed by atoms with Crippen LogP contribution in [0, 0.1) is 5.82 Å². The van der Waals surface area contributed by atoms with Gasteiger partial charge in [-0.25, -0.2) is 9.07 Å². The molecule has 2 aliphatic rings. The van der Waals surface area contributed by atoms with Crippen LogP contribution in [-0.2, 0) is 10.5 Å². The first-order chi connectivity index (χ1) is 14.2. The highest BCUT2D eigenvalue weighted by atomic mass is 32.2. The van der Waals surface area contributed by atoms with Gasteiger partial charge >= 0.3 is 0 Å². The van der Waals surface area contributed by atoms with Gasteiger partial charge in [-0.2, -0.15) is 4.98 Å². The fourth-order valence-corrected chi connectivity index (χ4v) is 4.55. The van der Waals surface area contributed by atoms with Gasteiger partial charge in [0.05, 0.1) is 5.69 Å². The third-order valence-electron chi connectivity index (χ3n) is 5.12. The largest absolute Gasteiger partial charge is 0.328 e. The molecule has 0 radical (unpaired) electrons. The summed E-state index contributed by atoms with van der Waals surface area (Å²) in [5, 5.41) is 8.44. The number of hydrogen-bond donors (Lipinski definition) is 1. The van der Waals surface area contributed by atoms with E-state index in [4.69, 9.17) is 0 Å². The second-order valence-electron chi connectivity index (χ2n) is 6.99. The number of nitrogens with zero attached hydrogens (tertiary/aromatic N) is 4. The molecule has 1 aromatic carbocycles. The number of hydrogen-bond acceptors (Lipinski definition) is 6. The molecule has 146 valence electrons. The van der Waals surface area contributed by atoms with Crippen molar-refractivity contribution in [3.8, 4) is 0 Å². The van der Waals surface area contributed by atoms with E-state index in [0.29, 0.717) is 34.4 Å². The van der Waals surface area contributed by atoms with E-state index in [1.54, 1.807) is 29.1 Å². The lowest BCUT2D eigenvalue weighted by molar-refractivity contribution is -0.116. The number of pyridine rings is 1. The Labute approximate surface area is 171 Å². The van der Waals surface area contributed by atoms with Crippen LogP contribution in [0.3, 0.4) is 0 Å². The Balaban J connectivity index is 1.54. The van der Waals surface area contributed by atoms with Crippen molar-refractivity contribution < 1.29 is 9.18 Å². The summed E-state index contributed by atoms with van der Waals surface area (Å²) in [5.74, 6) is 0.848. The number of aromatic nitrogens is 4. The third kappa shape index (κ3) is 3.33. The molecule has 8 heteroatoms. The van der Waals surface area contributed by atoms with Gasteiger partial charge in [-0.1, -0.05) is 36.0 Å². The SMILES string of the molecule is O=C1CCCC2=C1[C@@H](c1ccccc1F)n1nc(SCc3ccccn3)nc1N2. The van der Waals surface area contributed by atoms with Crippen LogP contribution in [0.4, 0.5) is 10.3 Å². The average molecular weight is 407 g/mol. The number of ketones is 1. The van der Waals surface area contributed by atoms with Gasteiger partial charge in [0, 0.05) is 35.2 Å². The lowest BCUT2D eigenvalue weighted by Crippen LogP contribution is -2.32. The molecule has 2 aromatic heterocycles. The summed E-state index contributed by atoms with van der Waals surface area (Å²) in [7, 11) is 0. The van der Waals surface area contributed by atoms with Crippen molar-refractivity contribution in [1.82, 2.24) is 19.7 Å². The first kappa shape index (κ1) is 18.1. The highest BCUT2D eigenvalue weighted by Gasteiger charge is 2.37. The van der Waals surface area contributed by atoms with E-state index < -0.39 is 6.04 Å². The van der Waals surface area contributed by atoms with Gasteiger partial charge < -0.3 is 5.32 Å². The molecule has 1 aliphatic carbocycles. The molecule has 1 aliphatic heterocycles. The zero-order valence-electron chi connectivity index (χ0n) is 15.5. The van der Waals surface area contributed by atoms with Gasteiger partial charge in [0.25, 0.3) is 0 Å². The number of Topliss-reactive ketones (excluding diaryl/α,β-unsaturated/α-hetero) is 1. The molecule has 5 rings (SSSR count). The molecule has 0 fully saturated rings. The van der Waals surface area contributed by atoms with Gasteiger partial charge in [-0.05, 0) is 31.0 Å². The molecular weight excluding hydrogens is 389 g/mol. The number of benzene rings is 1. The number of thioether (sulfide) groups is 1. The highest BCUT2D eigenvalue weighted by Crippen LogP contribution is 2.41. The Kier molecular flexibility index (Phi) is 4.63. The number of allylic oxidation sites excluding steroid dienone is 2. The van der Waals surface area contributed by atoms with Crippen LogP contribution in [-0.4, -0.2) is 25.5 Å². The lowest BCUT2D eigenvalue weighted by atomic mass is 9.85. The predicted molar refractivity (Wildman–Crippen MR) is 108 cm³/mol.